The Balaban J connectivity index is 1.81. The third-order valence-electron chi connectivity index (χ3n) is 7.38. The monoisotopic (exact) mass is 656 g/mol. The maximum absolute atomic E-state index is 6.37. The third kappa shape index (κ3) is 7.00. The number of unbranched alkanes of at least 4 members (excludes halogenated alkanes) is 3. The van der Waals surface area contributed by atoms with Crippen molar-refractivity contribution in [1.29, 1.82) is 0 Å². The minimum absolute atomic E-state index is 0.511. The molecule has 2 aromatic carbocycles. The van der Waals surface area contributed by atoms with E-state index in [4.69, 9.17) is 38.2 Å². The van der Waals surface area contributed by atoms with E-state index in [9.17, 15) is 0 Å². The van der Waals surface area contributed by atoms with Gasteiger partial charge in [0, 0.05) is 0 Å². The fraction of sp³-hybridized carbons (Fsp3) is 0.387. The summed E-state index contributed by atoms with van der Waals surface area (Å²) in [5, 5.41) is 1.04. The van der Waals surface area contributed by atoms with E-state index in [1.54, 1.807) is 0 Å². The Kier molecular flexibility index (Phi) is 10.7. The second-order valence-corrected chi connectivity index (χ2v) is 24.1. The van der Waals surface area contributed by atoms with Crippen LogP contribution in [0.4, 0.5) is 0 Å². The van der Waals surface area contributed by atoms with Crippen molar-refractivity contribution >= 4 is 45.3 Å². The number of nitrogens with zero attached hydrogens (tertiary/aromatic N) is 4. The second-order valence-electron chi connectivity index (χ2n) is 10.2. The molecule has 0 radical (unpaired) electrons. The summed E-state index contributed by atoms with van der Waals surface area (Å²) in [5.41, 5.74) is 3.62. The first kappa shape index (κ1) is 29.1. The Morgan fingerprint density at radius 3 is 1.89 bits per heavy atom. The Morgan fingerprint density at radius 2 is 1.32 bits per heavy atom. The van der Waals surface area contributed by atoms with Gasteiger partial charge in [0.2, 0.25) is 0 Å². The first-order chi connectivity index (χ1) is 18.5. The maximum atomic E-state index is 6.37. The molecule has 0 N–H and O–H groups in total. The van der Waals surface area contributed by atoms with E-state index in [1.807, 2.05) is 53.4 Å². The van der Waals surface area contributed by atoms with Gasteiger partial charge in [-0.15, -0.1) is 0 Å². The normalized spacial score (nSPS) is 11.7. The van der Waals surface area contributed by atoms with Crippen LogP contribution in [0.3, 0.4) is 0 Å². The average Bonchev–Trinajstić information content (AvgIpc) is 3.46. The molecule has 0 fully saturated rings. The fourth-order valence-corrected chi connectivity index (χ4v) is 20.7. The van der Waals surface area contributed by atoms with Crippen LogP contribution < -0.4 is 3.71 Å². The van der Waals surface area contributed by atoms with E-state index in [1.165, 1.54) is 55.5 Å². The standard InChI is InChI=1S/C19H11Cl2N4.3C4H9.Sn/c20-15-7-6-14(10-16(15)21)18-11-17(13-4-2-1-3-5-13)23-19(24-18)25-9-8-22-12-25;3*1-3-4-2;/h1-7,9-12H;3*1,3-4H2,2H3;. The third-order valence-corrected chi connectivity index (χ3v) is 23.2. The van der Waals surface area contributed by atoms with Gasteiger partial charge >= 0.3 is 243 Å². The first-order valence-electron chi connectivity index (χ1n) is 13.9. The molecule has 38 heavy (non-hydrogen) atoms. The number of imidazole rings is 1. The van der Waals surface area contributed by atoms with E-state index in [-0.39, 0.29) is 0 Å². The molecule has 0 aliphatic carbocycles. The SMILES string of the molecule is CCC[CH2][Sn]([CH2]CCC)([CH2]CCC)[c]1cn(-c2nc(-c3ccccc3)cc(-c3ccc(Cl)c(Cl)c3)n2)cn1. The van der Waals surface area contributed by atoms with Gasteiger partial charge in [-0.25, -0.2) is 0 Å². The topological polar surface area (TPSA) is 43.6 Å². The summed E-state index contributed by atoms with van der Waals surface area (Å²) in [6.45, 7) is 6.92. The van der Waals surface area contributed by atoms with Crippen LogP contribution in [0.5, 0.6) is 0 Å². The van der Waals surface area contributed by atoms with Gasteiger partial charge in [0.1, 0.15) is 0 Å². The predicted octanol–water partition coefficient (Wildman–Crippen LogP) is 9.36. The number of rotatable bonds is 13. The van der Waals surface area contributed by atoms with Crippen molar-refractivity contribution in [2.75, 3.05) is 0 Å². The van der Waals surface area contributed by atoms with Gasteiger partial charge in [-0.05, 0) is 0 Å². The summed E-state index contributed by atoms with van der Waals surface area (Å²) < 4.78 is 7.54. The van der Waals surface area contributed by atoms with Crippen LogP contribution in [0.25, 0.3) is 28.5 Å². The van der Waals surface area contributed by atoms with Crippen LogP contribution >= 0.6 is 23.2 Å². The summed E-state index contributed by atoms with van der Waals surface area (Å²) in [7, 11) is 0. The van der Waals surface area contributed by atoms with E-state index >= 15 is 0 Å². The van der Waals surface area contributed by atoms with Gasteiger partial charge in [-0.3, -0.25) is 0 Å². The molecule has 0 bridgehead atoms. The van der Waals surface area contributed by atoms with Gasteiger partial charge in [0.25, 0.3) is 0 Å². The molecule has 200 valence electrons. The molecule has 7 heteroatoms. The average molecular weight is 656 g/mol. The van der Waals surface area contributed by atoms with Gasteiger partial charge in [0.05, 0.1) is 0 Å². The molecular formula is C31H38Cl2N4Sn. The molecule has 0 saturated heterocycles. The molecule has 0 aliphatic rings. The van der Waals surface area contributed by atoms with Crippen molar-refractivity contribution in [2.45, 2.75) is 72.6 Å². The summed E-state index contributed by atoms with van der Waals surface area (Å²) in [4.78, 5) is 15.1. The fourth-order valence-electron chi connectivity index (χ4n) is 5.12. The Labute approximate surface area is 241 Å². The van der Waals surface area contributed by atoms with E-state index in [0.29, 0.717) is 16.0 Å². The van der Waals surface area contributed by atoms with Gasteiger partial charge in [-0.1, -0.05) is 0 Å². The second kappa shape index (κ2) is 14.0. The van der Waals surface area contributed by atoms with Crippen LogP contribution in [0.2, 0.25) is 23.4 Å². The molecule has 0 spiro atoms. The zero-order valence-electron chi connectivity index (χ0n) is 22.8. The molecular weight excluding hydrogens is 618 g/mol. The van der Waals surface area contributed by atoms with E-state index in [0.717, 1.165) is 22.5 Å². The van der Waals surface area contributed by atoms with Crippen molar-refractivity contribution in [1.82, 2.24) is 19.5 Å². The molecule has 0 unspecified atom stereocenters. The van der Waals surface area contributed by atoms with Crippen molar-refractivity contribution in [2.24, 2.45) is 0 Å². The van der Waals surface area contributed by atoms with Crippen LogP contribution in [0, 0.1) is 0 Å². The Hall–Kier alpha value is -1.89. The Morgan fingerprint density at radius 1 is 0.711 bits per heavy atom. The molecule has 4 nitrogen and oxygen atoms in total. The number of hydrogen-bond donors (Lipinski definition) is 0. The van der Waals surface area contributed by atoms with Gasteiger partial charge < -0.3 is 0 Å². The van der Waals surface area contributed by atoms with E-state index < -0.39 is 18.4 Å². The van der Waals surface area contributed by atoms with Crippen LogP contribution in [-0.2, 0) is 0 Å². The molecule has 0 aliphatic heterocycles. The van der Waals surface area contributed by atoms with Crippen LogP contribution in [-0.4, -0.2) is 37.9 Å². The van der Waals surface area contributed by atoms with Crippen molar-refractivity contribution < 1.29 is 0 Å². The molecule has 0 atom stereocenters. The van der Waals surface area contributed by atoms with Crippen molar-refractivity contribution in [3.63, 3.8) is 0 Å². The number of benzene rings is 2. The predicted molar refractivity (Wildman–Crippen MR) is 165 cm³/mol. The van der Waals surface area contributed by atoms with Crippen LogP contribution in [0.1, 0.15) is 59.3 Å². The molecule has 0 amide bonds. The first-order valence-corrected chi connectivity index (χ1v) is 22.2. The van der Waals surface area contributed by atoms with Gasteiger partial charge in [-0.2, -0.15) is 0 Å². The number of hydrogen-bond acceptors (Lipinski definition) is 3. The summed E-state index contributed by atoms with van der Waals surface area (Å²) in [6.07, 6.45) is 11.8. The molecule has 2 aromatic heterocycles. The quantitative estimate of drug-likeness (QED) is 0.135. The van der Waals surface area contributed by atoms with Crippen molar-refractivity contribution in [3.8, 4) is 28.5 Å². The molecule has 2 heterocycles. The summed E-state index contributed by atoms with van der Waals surface area (Å²) >= 11 is 9.91. The zero-order valence-corrected chi connectivity index (χ0v) is 27.1. The Bertz CT molecular complexity index is 1300. The minimum atomic E-state index is -2.67. The van der Waals surface area contributed by atoms with Crippen molar-refractivity contribution in [3.05, 3.63) is 77.2 Å². The van der Waals surface area contributed by atoms with E-state index in [2.05, 4.69) is 39.1 Å². The molecule has 0 saturated carbocycles. The molecule has 4 aromatic rings. The van der Waals surface area contributed by atoms with Gasteiger partial charge in [0.15, 0.2) is 0 Å². The molecule has 4 rings (SSSR count). The number of aromatic nitrogens is 4. The summed E-state index contributed by atoms with van der Waals surface area (Å²) in [5.74, 6) is 0.632. The number of halogens is 2. The zero-order chi connectivity index (χ0) is 27.0. The summed E-state index contributed by atoms with van der Waals surface area (Å²) in [6, 6.07) is 17.9. The van der Waals surface area contributed by atoms with Crippen LogP contribution in [0.15, 0.2) is 67.1 Å².